The Morgan fingerprint density at radius 3 is 2.94 bits per heavy atom. The van der Waals surface area contributed by atoms with Crippen molar-refractivity contribution in [3.05, 3.63) is 15.5 Å². The number of rotatable bonds is 6. The Morgan fingerprint density at radius 1 is 1.69 bits per heavy atom. The number of carboxylic acid groups (broad SMARTS) is 1. The first-order valence-electron chi connectivity index (χ1n) is 4.99. The van der Waals surface area contributed by atoms with Gasteiger partial charge in [-0.05, 0) is 24.0 Å². The largest absolute Gasteiger partial charge is 0.481 e. The summed E-state index contributed by atoms with van der Waals surface area (Å²) >= 11 is 9.00. The lowest BCUT2D eigenvalue weighted by Gasteiger charge is -2.10. The number of thioether (sulfide) groups is 1. The zero-order valence-corrected chi connectivity index (χ0v) is 11.0. The van der Waals surface area contributed by atoms with Crippen LogP contribution in [0.3, 0.4) is 0 Å². The predicted molar refractivity (Wildman–Crippen MR) is 67.2 cm³/mol. The second kappa shape index (κ2) is 4.94. The van der Waals surface area contributed by atoms with Crippen LogP contribution in [-0.4, -0.2) is 21.8 Å². The Hall–Kier alpha value is -0.260. The predicted octanol–water partition coefficient (Wildman–Crippen LogP) is 3.28. The van der Waals surface area contributed by atoms with Gasteiger partial charge in [0, 0.05) is 16.8 Å². The lowest BCUT2D eigenvalue weighted by Crippen LogP contribution is -2.11. The molecule has 0 bridgehead atoms. The zero-order chi connectivity index (χ0) is 11.6. The number of aromatic nitrogens is 1. The molecule has 0 aromatic carbocycles. The van der Waals surface area contributed by atoms with Gasteiger partial charge in [-0.25, -0.2) is 4.98 Å². The molecular weight excluding hydrogens is 266 g/mol. The van der Waals surface area contributed by atoms with Crippen molar-refractivity contribution in [1.29, 1.82) is 0 Å². The van der Waals surface area contributed by atoms with Gasteiger partial charge < -0.3 is 5.11 Å². The fourth-order valence-electron chi connectivity index (χ4n) is 1.59. The van der Waals surface area contributed by atoms with Gasteiger partial charge in [-0.3, -0.25) is 4.79 Å². The van der Waals surface area contributed by atoms with E-state index in [4.69, 9.17) is 16.7 Å². The van der Waals surface area contributed by atoms with E-state index >= 15 is 0 Å². The summed E-state index contributed by atoms with van der Waals surface area (Å²) in [5, 5.41) is 8.77. The first kappa shape index (κ1) is 12.2. The second-order valence-electron chi connectivity index (χ2n) is 4.14. The van der Waals surface area contributed by atoms with Gasteiger partial charge >= 0.3 is 5.97 Å². The van der Waals surface area contributed by atoms with Gasteiger partial charge in [0.25, 0.3) is 0 Å². The first-order chi connectivity index (χ1) is 7.60. The van der Waals surface area contributed by atoms with Crippen LogP contribution >= 0.6 is 34.7 Å². The number of hydrogen-bond donors (Lipinski definition) is 1. The normalized spacial score (nSPS) is 17.3. The Balaban J connectivity index is 1.74. The summed E-state index contributed by atoms with van der Waals surface area (Å²) in [5.41, 5.74) is 0.0744. The van der Waals surface area contributed by atoms with Crippen LogP contribution in [0, 0.1) is 5.41 Å². The van der Waals surface area contributed by atoms with E-state index in [2.05, 4.69) is 4.98 Å². The highest BCUT2D eigenvalue weighted by molar-refractivity contribution is 7.98. The first-order valence-corrected chi connectivity index (χ1v) is 7.34. The van der Waals surface area contributed by atoms with Crippen molar-refractivity contribution in [2.75, 3.05) is 5.75 Å². The summed E-state index contributed by atoms with van der Waals surface area (Å²) in [4.78, 5) is 15.8. The number of hydrogen-bond acceptors (Lipinski definition) is 4. The SMILES string of the molecule is O=C(O)CC1(CSCc2cnc(Cl)s2)CC1. The molecule has 3 nitrogen and oxygen atoms in total. The van der Waals surface area contributed by atoms with E-state index in [9.17, 15) is 4.79 Å². The number of carbonyl (C=O) groups is 1. The number of carboxylic acids is 1. The van der Waals surface area contributed by atoms with Crippen LogP contribution in [0.2, 0.25) is 4.47 Å². The van der Waals surface area contributed by atoms with E-state index in [1.54, 1.807) is 18.0 Å². The fraction of sp³-hybridized carbons (Fsp3) is 0.600. The van der Waals surface area contributed by atoms with Crippen molar-refractivity contribution < 1.29 is 9.90 Å². The summed E-state index contributed by atoms with van der Waals surface area (Å²) in [6, 6.07) is 0. The number of thiazole rings is 1. The molecule has 88 valence electrons. The van der Waals surface area contributed by atoms with Crippen LogP contribution in [0.5, 0.6) is 0 Å². The lowest BCUT2D eigenvalue weighted by molar-refractivity contribution is -0.138. The molecule has 1 aliphatic carbocycles. The summed E-state index contributed by atoms with van der Waals surface area (Å²) in [6.45, 7) is 0. The van der Waals surface area contributed by atoms with Gasteiger partial charge in [-0.2, -0.15) is 11.8 Å². The Kier molecular flexibility index (Phi) is 3.77. The van der Waals surface area contributed by atoms with E-state index in [1.807, 2.05) is 0 Å². The maximum atomic E-state index is 10.7. The molecule has 6 heteroatoms. The summed E-state index contributed by atoms with van der Waals surface area (Å²) in [5.74, 6) is 1.12. The quantitative estimate of drug-likeness (QED) is 0.867. The lowest BCUT2D eigenvalue weighted by atomic mass is 10.1. The van der Waals surface area contributed by atoms with Gasteiger partial charge in [0.15, 0.2) is 4.47 Å². The standard InChI is InChI=1S/C10H12ClNO2S2/c11-9-12-4-7(16-9)5-15-6-10(1-2-10)3-8(13)14/h4H,1-3,5-6H2,(H,13,14). The minimum atomic E-state index is -0.682. The average Bonchev–Trinajstić information content (AvgIpc) is 2.80. The minimum absolute atomic E-state index is 0.0744. The highest BCUT2D eigenvalue weighted by Gasteiger charge is 2.43. The molecule has 0 unspecified atom stereocenters. The fourth-order valence-corrected chi connectivity index (χ4v) is 4.05. The molecule has 16 heavy (non-hydrogen) atoms. The third-order valence-corrected chi connectivity index (χ3v) is 5.29. The molecule has 0 saturated heterocycles. The molecule has 2 rings (SSSR count). The third kappa shape index (κ3) is 3.37. The van der Waals surface area contributed by atoms with Crippen molar-refractivity contribution >= 4 is 40.7 Å². The molecule has 1 heterocycles. The summed E-state index contributed by atoms with van der Waals surface area (Å²) < 4.78 is 0.572. The highest BCUT2D eigenvalue weighted by Crippen LogP contribution is 2.51. The van der Waals surface area contributed by atoms with Crippen molar-refractivity contribution in [2.24, 2.45) is 5.41 Å². The molecule has 1 saturated carbocycles. The molecule has 0 radical (unpaired) electrons. The molecule has 1 fully saturated rings. The van der Waals surface area contributed by atoms with Crippen LogP contribution < -0.4 is 0 Å². The highest BCUT2D eigenvalue weighted by atomic mass is 35.5. The smallest absolute Gasteiger partial charge is 0.303 e. The summed E-state index contributed by atoms with van der Waals surface area (Å²) in [7, 11) is 0. The van der Waals surface area contributed by atoms with Crippen molar-refractivity contribution in [2.45, 2.75) is 25.0 Å². The maximum absolute atomic E-state index is 10.7. The van der Waals surface area contributed by atoms with E-state index in [1.165, 1.54) is 11.3 Å². The zero-order valence-electron chi connectivity index (χ0n) is 8.61. The monoisotopic (exact) mass is 277 g/mol. The van der Waals surface area contributed by atoms with E-state index in [-0.39, 0.29) is 5.41 Å². The molecule has 1 N–H and O–H groups in total. The molecule has 1 aliphatic rings. The van der Waals surface area contributed by atoms with Crippen molar-refractivity contribution in [3.63, 3.8) is 0 Å². The van der Waals surface area contributed by atoms with Crippen LogP contribution in [0.1, 0.15) is 24.1 Å². The Morgan fingerprint density at radius 2 is 2.44 bits per heavy atom. The Labute approximate surface area is 107 Å². The minimum Gasteiger partial charge on any atom is -0.481 e. The van der Waals surface area contributed by atoms with Gasteiger partial charge in [-0.15, -0.1) is 11.3 Å². The number of aliphatic carboxylic acids is 1. The van der Waals surface area contributed by atoms with E-state index in [0.717, 1.165) is 29.2 Å². The summed E-state index contributed by atoms with van der Waals surface area (Å²) in [6.07, 6.45) is 4.20. The maximum Gasteiger partial charge on any atom is 0.303 e. The van der Waals surface area contributed by atoms with Crippen LogP contribution in [0.4, 0.5) is 0 Å². The van der Waals surface area contributed by atoms with Gasteiger partial charge in [0.05, 0.1) is 6.42 Å². The Bertz CT molecular complexity index is 390. The molecule has 0 atom stereocenters. The van der Waals surface area contributed by atoms with Gasteiger partial charge in [0.2, 0.25) is 0 Å². The van der Waals surface area contributed by atoms with Gasteiger partial charge in [-0.1, -0.05) is 11.6 Å². The van der Waals surface area contributed by atoms with E-state index in [0.29, 0.717) is 10.9 Å². The van der Waals surface area contributed by atoms with Crippen molar-refractivity contribution in [1.82, 2.24) is 4.98 Å². The average molecular weight is 278 g/mol. The molecule has 0 amide bonds. The van der Waals surface area contributed by atoms with Crippen LogP contribution in [0.25, 0.3) is 0 Å². The molecular formula is C10H12ClNO2S2. The van der Waals surface area contributed by atoms with Crippen LogP contribution in [-0.2, 0) is 10.5 Å². The molecule has 0 spiro atoms. The topological polar surface area (TPSA) is 50.2 Å². The van der Waals surface area contributed by atoms with Crippen LogP contribution in [0.15, 0.2) is 6.20 Å². The number of halogens is 1. The molecule has 1 aromatic heterocycles. The third-order valence-electron chi connectivity index (χ3n) is 2.66. The molecule has 0 aliphatic heterocycles. The van der Waals surface area contributed by atoms with Crippen molar-refractivity contribution in [3.8, 4) is 0 Å². The number of nitrogens with zero attached hydrogens (tertiary/aromatic N) is 1. The van der Waals surface area contributed by atoms with E-state index < -0.39 is 5.97 Å². The molecule has 1 aromatic rings. The van der Waals surface area contributed by atoms with Gasteiger partial charge in [0.1, 0.15) is 0 Å². The second-order valence-corrected chi connectivity index (χ2v) is 6.83.